The molecule has 0 bridgehead atoms. The van der Waals surface area contributed by atoms with Gasteiger partial charge in [-0.15, -0.1) is 0 Å². The number of hydrogen-bond donors (Lipinski definition) is 1. The van der Waals surface area contributed by atoms with Gasteiger partial charge in [-0.1, -0.05) is 11.6 Å². The number of anilines is 1. The van der Waals surface area contributed by atoms with Crippen LogP contribution >= 0.6 is 11.6 Å². The first kappa shape index (κ1) is 14.5. The quantitative estimate of drug-likeness (QED) is 0.617. The fourth-order valence-electron chi connectivity index (χ4n) is 1.99. The van der Waals surface area contributed by atoms with E-state index in [0.29, 0.717) is 11.0 Å². The van der Waals surface area contributed by atoms with Gasteiger partial charge in [-0.3, -0.25) is 0 Å². The van der Waals surface area contributed by atoms with E-state index in [1.807, 2.05) is 6.92 Å². The smallest absolute Gasteiger partial charge is 0.161 e. The second-order valence-electron chi connectivity index (χ2n) is 4.41. The fraction of sp³-hybridized carbons (Fsp3) is 0.692. The lowest BCUT2D eigenvalue weighted by atomic mass is 10.2. The molecule has 5 nitrogen and oxygen atoms in total. The molecule has 0 aromatic carbocycles. The Morgan fingerprint density at radius 2 is 2.42 bits per heavy atom. The van der Waals surface area contributed by atoms with Gasteiger partial charge in [-0.05, 0) is 26.2 Å². The van der Waals surface area contributed by atoms with Crippen LogP contribution < -0.4 is 5.32 Å². The number of rotatable bonds is 7. The molecule has 1 atom stereocenters. The average molecular weight is 286 g/mol. The number of ether oxygens (including phenoxy) is 2. The van der Waals surface area contributed by atoms with Crippen LogP contribution in [-0.2, 0) is 9.47 Å². The Labute approximate surface area is 118 Å². The molecule has 0 amide bonds. The van der Waals surface area contributed by atoms with E-state index < -0.39 is 0 Å². The second kappa shape index (κ2) is 7.62. The van der Waals surface area contributed by atoms with Gasteiger partial charge in [0.1, 0.15) is 17.1 Å². The minimum absolute atomic E-state index is 0.0114. The van der Waals surface area contributed by atoms with Gasteiger partial charge in [0.05, 0.1) is 0 Å². The largest absolute Gasteiger partial charge is 0.382 e. The molecule has 19 heavy (non-hydrogen) atoms. The lowest BCUT2D eigenvalue weighted by Gasteiger charge is -2.11. The highest BCUT2D eigenvalue weighted by atomic mass is 35.5. The summed E-state index contributed by atoms with van der Waals surface area (Å²) in [5.74, 6) is 1.43. The Balaban J connectivity index is 1.89. The molecule has 1 aliphatic rings. The van der Waals surface area contributed by atoms with E-state index in [1.165, 1.54) is 0 Å². The summed E-state index contributed by atoms with van der Waals surface area (Å²) in [5, 5.41) is 3.69. The Hall–Kier alpha value is -0.910. The van der Waals surface area contributed by atoms with Crippen LogP contribution in [0.5, 0.6) is 0 Å². The zero-order valence-corrected chi connectivity index (χ0v) is 11.9. The third-order valence-electron chi connectivity index (χ3n) is 2.91. The summed E-state index contributed by atoms with van der Waals surface area (Å²) in [6.07, 6.45) is 2.94. The van der Waals surface area contributed by atoms with Gasteiger partial charge in [0.25, 0.3) is 0 Å². The number of nitrogens with one attached hydrogen (secondary N) is 1. The topological polar surface area (TPSA) is 56.3 Å². The van der Waals surface area contributed by atoms with E-state index in [4.69, 9.17) is 21.1 Å². The zero-order valence-electron chi connectivity index (χ0n) is 11.2. The molecular weight excluding hydrogens is 266 g/mol. The van der Waals surface area contributed by atoms with Crippen molar-refractivity contribution in [1.29, 1.82) is 0 Å². The van der Waals surface area contributed by atoms with Crippen LogP contribution in [0.4, 0.5) is 5.82 Å². The summed E-state index contributed by atoms with van der Waals surface area (Å²) in [7, 11) is 0. The highest BCUT2D eigenvalue weighted by molar-refractivity contribution is 6.29. The summed E-state index contributed by atoms with van der Waals surface area (Å²) >= 11 is 6.02. The first-order valence-electron chi connectivity index (χ1n) is 6.77. The van der Waals surface area contributed by atoms with Crippen molar-refractivity contribution in [2.45, 2.75) is 32.3 Å². The standard InChI is InChI=1S/C13H20ClN3O2/c1-2-18-7-4-6-15-12-9-11(14)16-13(17-12)10-5-3-8-19-10/h9-10H,2-8H2,1H3,(H,15,16,17). The van der Waals surface area contributed by atoms with Gasteiger partial charge in [-0.2, -0.15) is 0 Å². The van der Waals surface area contributed by atoms with Gasteiger partial charge in [0.2, 0.25) is 0 Å². The van der Waals surface area contributed by atoms with E-state index in [1.54, 1.807) is 6.07 Å². The van der Waals surface area contributed by atoms with Gasteiger partial charge in [0.15, 0.2) is 5.82 Å². The molecule has 0 aliphatic carbocycles. The molecule has 1 saturated heterocycles. The van der Waals surface area contributed by atoms with Crippen LogP contribution in [0.2, 0.25) is 5.15 Å². The molecule has 1 aliphatic heterocycles. The first-order valence-corrected chi connectivity index (χ1v) is 7.15. The first-order chi connectivity index (χ1) is 9.29. The predicted molar refractivity (Wildman–Crippen MR) is 74.6 cm³/mol. The molecule has 0 saturated carbocycles. The van der Waals surface area contributed by atoms with Crippen molar-refractivity contribution in [3.63, 3.8) is 0 Å². The van der Waals surface area contributed by atoms with Gasteiger partial charge in [0, 0.05) is 32.4 Å². The molecule has 0 radical (unpaired) electrons. The Morgan fingerprint density at radius 1 is 1.53 bits per heavy atom. The van der Waals surface area contributed by atoms with Crippen molar-refractivity contribution in [3.05, 3.63) is 17.0 Å². The van der Waals surface area contributed by atoms with Gasteiger partial charge in [-0.25, -0.2) is 9.97 Å². The molecule has 2 rings (SSSR count). The molecule has 2 heterocycles. The van der Waals surface area contributed by atoms with Crippen LogP contribution in [0.3, 0.4) is 0 Å². The average Bonchev–Trinajstić information content (AvgIpc) is 2.92. The minimum atomic E-state index is -0.0114. The Bertz CT molecular complexity index is 397. The summed E-state index contributed by atoms with van der Waals surface area (Å²) in [4.78, 5) is 8.70. The molecule has 0 spiro atoms. The maximum Gasteiger partial charge on any atom is 0.161 e. The van der Waals surface area contributed by atoms with Crippen LogP contribution in [0.25, 0.3) is 0 Å². The molecule has 1 aromatic rings. The van der Waals surface area contributed by atoms with E-state index in [-0.39, 0.29) is 6.10 Å². The molecule has 1 unspecified atom stereocenters. The second-order valence-corrected chi connectivity index (χ2v) is 4.80. The monoisotopic (exact) mass is 285 g/mol. The van der Waals surface area contributed by atoms with E-state index in [9.17, 15) is 0 Å². The maximum absolute atomic E-state index is 6.02. The summed E-state index contributed by atoms with van der Waals surface area (Å²) in [5.41, 5.74) is 0. The summed E-state index contributed by atoms with van der Waals surface area (Å²) in [6, 6.07) is 1.74. The third-order valence-corrected chi connectivity index (χ3v) is 3.10. The number of nitrogens with zero attached hydrogens (tertiary/aromatic N) is 2. The number of hydrogen-bond acceptors (Lipinski definition) is 5. The molecule has 1 aromatic heterocycles. The Morgan fingerprint density at radius 3 is 3.16 bits per heavy atom. The molecule has 6 heteroatoms. The highest BCUT2D eigenvalue weighted by Gasteiger charge is 2.21. The Kier molecular flexibility index (Phi) is 5.82. The van der Waals surface area contributed by atoms with E-state index in [2.05, 4.69) is 15.3 Å². The fourth-order valence-corrected chi connectivity index (χ4v) is 2.18. The van der Waals surface area contributed by atoms with Crippen molar-refractivity contribution in [1.82, 2.24) is 9.97 Å². The third kappa shape index (κ3) is 4.60. The summed E-state index contributed by atoms with van der Waals surface area (Å²) in [6.45, 7) is 5.07. The normalized spacial score (nSPS) is 18.7. The van der Waals surface area contributed by atoms with Crippen molar-refractivity contribution in [2.75, 3.05) is 31.7 Å². The predicted octanol–water partition coefficient (Wildman–Crippen LogP) is 2.82. The highest BCUT2D eigenvalue weighted by Crippen LogP contribution is 2.27. The number of halogens is 1. The van der Waals surface area contributed by atoms with Gasteiger partial charge >= 0.3 is 0 Å². The van der Waals surface area contributed by atoms with Crippen LogP contribution in [0, 0.1) is 0 Å². The zero-order chi connectivity index (χ0) is 13.5. The maximum atomic E-state index is 6.02. The SMILES string of the molecule is CCOCCCNc1cc(Cl)nc(C2CCCO2)n1. The van der Waals surface area contributed by atoms with E-state index in [0.717, 1.165) is 51.4 Å². The van der Waals surface area contributed by atoms with Gasteiger partial charge < -0.3 is 14.8 Å². The van der Waals surface area contributed by atoms with Crippen molar-refractivity contribution in [3.8, 4) is 0 Å². The van der Waals surface area contributed by atoms with Crippen molar-refractivity contribution < 1.29 is 9.47 Å². The lowest BCUT2D eigenvalue weighted by molar-refractivity contribution is 0.105. The molecule has 106 valence electrons. The van der Waals surface area contributed by atoms with E-state index >= 15 is 0 Å². The minimum Gasteiger partial charge on any atom is -0.382 e. The van der Waals surface area contributed by atoms with Crippen molar-refractivity contribution in [2.24, 2.45) is 0 Å². The van der Waals surface area contributed by atoms with Crippen LogP contribution in [-0.4, -0.2) is 36.3 Å². The van der Waals surface area contributed by atoms with Crippen molar-refractivity contribution >= 4 is 17.4 Å². The molecule has 1 N–H and O–H groups in total. The van der Waals surface area contributed by atoms with Crippen LogP contribution in [0.1, 0.15) is 38.1 Å². The molecule has 1 fully saturated rings. The summed E-state index contributed by atoms with van der Waals surface area (Å²) < 4.78 is 10.9. The molecular formula is C13H20ClN3O2. The lowest BCUT2D eigenvalue weighted by Crippen LogP contribution is -2.10. The van der Waals surface area contributed by atoms with Crippen LogP contribution in [0.15, 0.2) is 6.07 Å². The number of aromatic nitrogens is 2.